The molecule has 2 aliphatic carbocycles. The van der Waals surface area contributed by atoms with Crippen LogP contribution in [0.3, 0.4) is 0 Å². The molecular formula is C43H66O11. The van der Waals surface area contributed by atoms with Crippen molar-refractivity contribution >= 4 is 29.5 Å². The van der Waals surface area contributed by atoms with Crippen molar-refractivity contribution in [2.24, 2.45) is 46.3 Å². The molecule has 11 atom stereocenters. The third-order valence-electron chi connectivity index (χ3n) is 13.8. The molecule has 54 heavy (non-hydrogen) atoms. The Morgan fingerprint density at radius 3 is 2.00 bits per heavy atom. The molecule has 2 heterocycles. The second kappa shape index (κ2) is 14.6. The van der Waals surface area contributed by atoms with Crippen molar-refractivity contribution in [2.75, 3.05) is 7.11 Å². The second-order valence-corrected chi connectivity index (χ2v) is 18.1. The first-order valence-corrected chi connectivity index (χ1v) is 19.7. The maximum atomic E-state index is 14.9. The lowest BCUT2D eigenvalue weighted by Gasteiger charge is -2.64. The van der Waals surface area contributed by atoms with E-state index in [2.05, 4.69) is 0 Å². The van der Waals surface area contributed by atoms with Crippen LogP contribution in [-0.2, 0) is 52.4 Å². The molecule has 0 spiro atoms. The van der Waals surface area contributed by atoms with Crippen molar-refractivity contribution in [3.8, 4) is 0 Å². The van der Waals surface area contributed by atoms with Gasteiger partial charge in [0.2, 0.25) is 0 Å². The molecule has 304 valence electrons. The molecule has 2 saturated heterocycles. The van der Waals surface area contributed by atoms with Crippen LogP contribution in [0.5, 0.6) is 0 Å². The first-order chi connectivity index (χ1) is 24.8. The van der Waals surface area contributed by atoms with Gasteiger partial charge < -0.3 is 33.2 Å². The van der Waals surface area contributed by atoms with Gasteiger partial charge in [-0.1, -0.05) is 87.5 Å². The van der Waals surface area contributed by atoms with Gasteiger partial charge in [0.15, 0.2) is 17.5 Å². The number of allylic oxidation sites excluding steroid dienone is 4. The van der Waals surface area contributed by atoms with Gasteiger partial charge >= 0.3 is 17.9 Å². The van der Waals surface area contributed by atoms with Gasteiger partial charge in [-0.15, -0.1) is 0 Å². The number of carbonyl (C=O) groups excluding carboxylic acids is 5. The monoisotopic (exact) mass is 758 g/mol. The summed E-state index contributed by atoms with van der Waals surface area (Å²) in [4.78, 5) is 70.5. The zero-order chi connectivity index (χ0) is 41.2. The van der Waals surface area contributed by atoms with Crippen LogP contribution < -0.4 is 0 Å². The molecule has 4 fully saturated rings. The lowest BCUT2D eigenvalue weighted by Crippen LogP contribution is -2.77. The van der Waals surface area contributed by atoms with E-state index in [1.807, 2.05) is 55.4 Å². The predicted octanol–water partition coefficient (Wildman–Crippen LogP) is 7.48. The van der Waals surface area contributed by atoms with Crippen LogP contribution in [0.2, 0.25) is 0 Å². The van der Waals surface area contributed by atoms with E-state index in [9.17, 15) is 24.0 Å². The summed E-state index contributed by atoms with van der Waals surface area (Å²) in [7, 11) is 1.33. The Bertz CT molecular complexity index is 1590. The number of Topliss-reactive ketones (excluding diaryl/α,β-unsaturated/α-hetero) is 2. The number of ketones is 2. The maximum absolute atomic E-state index is 14.9. The topological polar surface area (TPSA) is 141 Å². The smallest absolute Gasteiger partial charge is 0.309 e. The van der Waals surface area contributed by atoms with E-state index in [0.29, 0.717) is 12.0 Å². The highest BCUT2D eigenvalue weighted by Crippen LogP contribution is 2.76. The largest absolute Gasteiger partial charge is 0.469 e. The summed E-state index contributed by atoms with van der Waals surface area (Å²) in [6, 6.07) is 0. The van der Waals surface area contributed by atoms with E-state index in [-0.39, 0.29) is 30.8 Å². The van der Waals surface area contributed by atoms with Crippen molar-refractivity contribution in [1.29, 1.82) is 0 Å². The summed E-state index contributed by atoms with van der Waals surface area (Å²) in [6.45, 7) is 27.1. The summed E-state index contributed by atoms with van der Waals surface area (Å²) in [5.41, 5.74) is -8.11. The Morgan fingerprint density at radius 2 is 1.52 bits per heavy atom. The fourth-order valence-electron chi connectivity index (χ4n) is 11.5. The summed E-state index contributed by atoms with van der Waals surface area (Å²) in [5.74, 6) is -7.91. The van der Waals surface area contributed by atoms with E-state index in [1.165, 1.54) is 14.0 Å². The van der Waals surface area contributed by atoms with E-state index >= 15 is 0 Å². The van der Waals surface area contributed by atoms with Gasteiger partial charge in [-0.25, -0.2) is 0 Å². The maximum Gasteiger partial charge on any atom is 0.309 e. The number of fused-ring (bicyclic) bond motifs is 2. The Hall–Kier alpha value is -2.89. The minimum atomic E-state index is -1.79. The Kier molecular flexibility index (Phi) is 11.8. The average molecular weight is 759 g/mol. The quantitative estimate of drug-likeness (QED) is 0.0754. The van der Waals surface area contributed by atoms with Crippen LogP contribution in [-0.4, -0.2) is 71.1 Å². The average Bonchev–Trinajstić information content (AvgIpc) is 3.44. The van der Waals surface area contributed by atoms with Crippen LogP contribution in [0.15, 0.2) is 23.8 Å². The summed E-state index contributed by atoms with van der Waals surface area (Å²) < 4.78 is 40.8. The molecule has 4 aliphatic rings. The van der Waals surface area contributed by atoms with Crippen molar-refractivity contribution in [1.82, 2.24) is 0 Å². The minimum Gasteiger partial charge on any atom is -0.469 e. The van der Waals surface area contributed by atoms with Crippen LogP contribution >= 0.6 is 0 Å². The third-order valence-corrected chi connectivity index (χ3v) is 13.8. The minimum absolute atomic E-state index is 0.0931. The molecule has 11 nitrogen and oxygen atoms in total. The molecule has 0 aromatic rings. The van der Waals surface area contributed by atoms with Gasteiger partial charge in [0.05, 0.1) is 18.9 Å². The van der Waals surface area contributed by atoms with Gasteiger partial charge in [-0.2, -0.15) is 0 Å². The number of methoxy groups -OCH3 is 1. The third kappa shape index (κ3) is 6.14. The normalized spacial score (nSPS) is 39.4. The van der Waals surface area contributed by atoms with E-state index in [1.54, 1.807) is 59.8 Å². The fraction of sp³-hybridized carbons (Fsp3) is 0.791. The molecule has 2 aliphatic heterocycles. The van der Waals surface area contributed by atoms with Crippen LogP contribution in [0.25, 0.3) is 0 Å². The van der Waals surface area contributed by atoms with Crippen molar-refractivity contribution < 1.29 is 52.4 Å². The van der Waals surface area contributed by atoms with Crippen LogP contribution in [0, 0.1) is 46.3 Å². The van der Waals surface area contributed by atoms with Crippen LogP contribution in [0.4, 0.5) is 0 Å². The first-order valence-electron chi connectivity index (χ1n) is 19.7. The van der Waals surface area contributed by atoms with Gasteiger partial charge in [-0.05, 0) is 52.4 Å². The molecule has 11 heteroatoms. The Balaban J connectivity index is 2.32. The molecule has 11 unspecified atom stereocenters. The molecule has 0 radical (unpaired) electrons. The van der Waals surface area contributed by atoms with Gasteiger partial charge in [-0.3, -0.25) is 19.2 Å². The summed E-state index contributed by atoms with van der Waals surface area (Å²) in [5, 5.41) is 0. The summed E-state index contributed by atoms with van der Waals surface area (Å²) in [6.07, 6.45) is 4.41. The van der Waals surface area contributed by atoms with E-state index in [4.69, 9.17) is 28.4 Å². The molecule has 0 aromatic heterocycles. The molecule has 4 rings (SSSR count). The van der Waals surface area contributed by atoms with Crippen molar-refractivity contribution in [3.63, 3.8) is 0 Å². The summed E-state index contributed by atoms with van der Waals surface area (Å²) >= 11 is 0. The SMILES string of the molecule is C/C=C\C(=C/C)C(=O)C(C)(C)C(CC(C)=O)C12OC3(C)OC4(C)CC(C)(C(CC(=O)OC)C(C)C1(CC)O3)C(OC(=O)C(C)C)C4(OC(=O)C(C)C)C2C. The predicted molar refractivity (Wildman–Crippen MR) is 202 cm³/mol. The van der Waals surface area contributed by atoms with E-state index < -0.39 is 98.7 Å². The molecule has 0 N–H and O–H groups in total. The van der Waals surface area contributed by atoms with Gasteiger partial charge in [0.1, 0.15) is 22.6 Å². The highest BCUT2D eigenvalue weighted by Gasteiger charge is 2.89. The van der Waals surface area contributed by atoms with Crippen molar-refractivity contribution in [3.05, 3.63) is 23.8 Å². The number of hydrogen-bond acceptors (Lipinski definition) is 11. The molecule has 0 amide bonds. The highest BCUT2D eigenvalue weighted by atomic mass is 16.9. The zero-order valence-corrected chi connectivity index (χ0v) is 35.6. The Morgan fingerprint density at radius 1 is 0.926 bits per heavy atom. The first kappa shape index (κ1) is 43.8. The number of ether oxygens (including phenoxy) is 6. The second-order valence-electron chi connectivity index (χ2n) is 18.1. The lowest BCUT2D eigenvalue weighted by atomic mass is 9.46. The van der Waals surface area contributed by atoms with Gasteiger partial charge in [0.25, 0.3) is 5.97 Å². The lowest BCUT2D eigenvalue weighted by molar-refractivity contribution is -0.387. The molecular weight excluding hydrogens is 692 g/mol. The fourth-order valence-corrected chi connectivity index (χ4v) is 11.5. The number of esters is 3. The van der Waals surface area contributed by atoms with Crippen LogP contribution in [0.1, 0.15) is 130 Å². The number of carbonyl (C=O) groups is 5. The molecule has 2 saturated carbocycles. The number of hydrogen-bond donors (Lipinski definition) is 0. The molecule has 0 aromatic carbocycles. The highest BCUT2D eigenvalue weighted by molar-refractivity contribution is 6.02. The van der Waals surface area contributed by atoms with Gasteiger partial charge in [0, 0.05) is 48.0 Å². The Labute approximate surface area is 322 Å². The zero-order valence-electron chi connectivity index (χ0n) is 35.6. The number of rotatable bonds is 14. The standard InChI is InChI=1S/C43H66O11/c1-17-20-29(18-2)33(46)37(11,12)31(21-26(8)44)42-28(10)43(51-35(48)25(6)7)36(50-34(47)24(4)5)38(13)23-39(43,14)52-40(15,54-42)53-41(42,19-3)27(9)30(38)22-32(45)49-16/h17-18,20,24-25,27-28,30-31,36H,19,21-23H2,1-16H3/b20-17-,29-18+. The molecule has 4 bridgehead atoms. The van der Waals surface area contributed by atoms with Crippen molar-refractivity contribution in [2.45, 2.75) is 164 Å². The van der Waals surface area contributed by atoms with E-state index in [0.717, 1.165) is 0 Å².